The van der Waals surface area contributed by atoms with Crippen molar-refractivity contribution in [2.45, 2.75) is 46.1 Å². The number of rotatable bonds is 10. The summed E-state index contributed by atoms with van der Waals surface area (Å²) in [5.74, 6) is -1.09. The molecule has 27 heavy (non-hydrogen) atoms. The van der Waals surface area contributed by atoms with Gasteiger partial charge in [-0.25, -0.2) is 9.37 Å². The molecule has 1 heterocycles. The van der Waals surface area contributed by atoms with Crippen LogP contribution in [0.5, 0.6) is 0 Å². The summed E-state index contributed by atoms with van der Waals surface area (Å²) in [6.07, 6.45) is 3.66. The lowest BCUT2D eigenvalue weighted by Crippen LogP contribution is -2.32. The molecule has 146 valence electrons. The van der Waals surface area contributed by atoms with E-state index < -0.39 is 5.82 Å². The van der Waals surface area contributed by atoms with Crippen LogP contribution in [-0.2, 0) is 6.54 Å². The third-order valence-electron chi connectivity index (χ3n) is 4.10. The summed E-state index contributed by atoms with van der Waals surface area (Å²) in [5, 5.41) is 5.19. The first-order valence-corrected chi connectivity index (χ1v) is 10.2. The first-order valence-electron chi connectivity index (χ1n) is 9.33. The van der Waals surface area contributed by atoms with Crippen molar-refractivity contribution in [3.63, 3.8) is 0 Å². The van der Waals surface area contributed by atoms with Gasteiger partial charge in [-0.15, -0.1) is 11.3 Å². The maximum Gasteiger partial charge on any atom is 0.270 e. The number of unbranched alkanes of at least 4 members (excludes halogenated alkanes) is 2. The maximum absolute atomic E-state index is 14.0. The molecule has 0 saturated carbocycles. The molecule has 1 N–H and O–H groups in total. The number of halogens is 1. The van der Waals surface area contributed by atoms with E-state index in [1.807, 2.05) is 6.92 Å². The van der Waals surface area contributed by atoms with Gasteiger partial charge in [0.05, 0.1) is 12.1 Å². The molecule has 0 atom stereocenters. The number of benzene rings is 1. The molecule has 5 nitrogen and oxygen atoms in total. The quantitative estimate of drug-likeness (QED) is 0.616. The van der Waals surface area contributed by atoms with Crippen LogP contribution < -0.4 is 5.32 Å². The number of carbonyl (C=O) groups is 2. The Hall–Kier alpha value is -2.28. The fourth-order valence-corrected chi connectivity index (χ4v) is 3.32. The molecule has 0 unspecified atom stereocenters. The monoisotopic (exact) mass is 391 g/mol. The zero-order valence-electron chi connectivity index (χ0n) is 15.8. The van der Waals surface area contributed by atoms with Crippen LogP contribution in [-0.4, -0.2) is 34.8 Å². The number of carbonyl (C=O) groups excluding carboxylic acids is 2. The number of hydrogen-bond donors (Lipinski definition) is 1. The third-order valence-corrected chi connectivity index (χ3v) is 4.93. The predicted molar refractivity (Wildman–Crippen MR) is 105 cm³/mol. The molecule has 2 rings (SSSR count). The van der Waals surface area contributed by atoms with Crippen LogP contribution in [0.3, 0.4) is 0 Å². The molecule has 1 aromatic carbocycles. The zero-order valence-corrected chi connectivity index (χ0v) is 16.7. The van der Waals surface area contributed by atoms with Crippen LogP contribution in [0.15, 0.2) is 29.6 Å². The van der Waals surface area contributed by atoms with E-state index in [0.717, 1.165) is 25.7 Å². The van der Waals surface area contributed by atoms with E-state index >= 15 is 0 Å². The first kappa shape index (κ1) is 21.0. The van der Waals surface area contributed by atoms with E-state index in [2.05, 4.69) is 17.2 Å². The molecular formula is C20H26FN3O2S. The van der Waals surface area contributed by atoms with E-state index in [1.54, 1.807) is 22.4 Å². The highest BCUT2D eigenvalue weighted by Gasteiger charge is 2.20. The molecule has 0 aliphatic heterocycles. The van der Waals surface area contributed by atoms with Gasteiger partial charge in [-0.1, -0.05) is 38.8 Å². The predicted octanol–water partition coefficient (Wildman–Crippen LogP) is 4.25. The molecule has 0 bridgehead atoms. The number of nitrogens with zero attached hydrogens (tertiary/aromatic N) is 2. The van der Waals surface area contributed by atoms with Crippen molar-refractivity contribution in [3.8, 4) is 0 Å². The van der Waals surface area contributed by atoms with Crippen molar-refractivity contribution >= 4 is 23.2 Å². The fourth-order valence-electron chi connectivity index (χ4n) is 2.53. The minimum atomic E-state index is -0.529. The summed E-state index contributed by atoms with van der Waals surface area (Å²) < 4.78 is 14.0. The minimum Gasteiger partial charge on any atom is -0.351 e. The standard InChI is InChI=1S/C20H26FN3O2S/c1-3-5-11-22-19(25)17-14-27-18(23-17)13-24(12-6-4-2)20(26)15-9-7-8-10-16(15)21/h7-10,14H,3-6,11-13H2,1-2H3,(H,22,25). The van der Waals surface area contributed by atoms with Crippen molar-refractivity contribution in [2.75, 3.05) is 13.1 Å². The van der Waals surface area contributed by atoms with Gasteiger partial charge >= 0.3 is 0 Å². The van der Waals surface area contributed by atoms with Crippen molar-refractivity contribution in [2.24, 2.45) is 0 Å². The number of amides is 2. The lowest BCUT2D eigenvalue weighted by atomic mass is 10.1. The maximum atomic E-state index is 14.0. The smallest absolute Gasteiger partial charge is 0.270 e. The number of hydrogen-bond acceptors (Lipinski definition) is 4. The Morgan fingerprint density at radius 2 is 1.93 bits per heavy atom. The van der Waals surface area contributed by atoms with E-state index in [1.165, 1.54) is 23.5 Å². The average Bonchev–Trinajstić information content (AvgIpc) is 3.14. The molecule has 0 aliphatic rings. The highest BCUT2D eigenvalue weighted by Crippen LogP contribution is 2.17. The van der Waals surface area contributed by atoms with Crippen molar-refractivity contribution in [1.82, 2.24) is 15.2 Å². The van der Waals surface area contributed by atoms with Crippen molar-refractivity contribution < 1.29 is 14.0 Å². The fraction of sp³-hybridized carbons (Fsp3) is 0.450. The van der Waals surface area contributed by atoms with E-state index in [4.69, 9.17) is 0 Å². The summed E-state index contributed by atoms with van der Waals surface area (Å²) in [6, 6.07) is 5.99. The Morgan fingerprint density at radius 3 is 2.63 bits per heavy atom. The number of nitrogens with one attached hydrogen (secondary N) is 1. The van der Waals surface area contributed by atoms with E-state index in [0.29, 0.717) is 23.8 Å². The van der Waals surface area contributed by atoms with Gasteiger partial charge in [0.25, 0.3) is 11.8 Å². The van der Waals surface area contributed by atoms with Gasteiger partial charge in [-0.2, -0.15) is 0 Å². The van der Waals surface area contributed by atoms with Crippen LogP contribution >= 0.6 is 11.3 Å². The summed E-state index contributed by atoms with van der Waals surface area (Å²) in [4.78, 5) is 30.8. The van der Waals surface area contributed by atoms with E-state index in [9.17, 15) is 14.0 Å². The Balaban J connectivity index is 2.09. The normalized spacial score (nSPS) is 10.6. The van der Waals surface area contributed by atoms with Gasteiger partial charge in [0.1, 0.15) is 16.5 Å². The average molecular weight is 392 g/mol. The van der Waals surface area contributed by atoms with Crippen LogP contribution in [0.25, 0.3) is 0 Å². The summed E-state index contributed by atoms with van der Waals surface area (Å²) in [6.45, 7) is 5.50. The molecule has 0 radical (unpaired) electrons. The van der Waals surface area contributed by atoms with Crippen molar-refractivity contribution in [1.29, 1.82) is 0 Å². The van der Waals surface area contributed by atoms with Gasteiger partial charge in [-0.3, -0.25) is 9.59 Å². The minimum absolute atomic E-state index is 0.0580. The van der Waals surface area contributed by atoms with Gasteiger partial charge in [-0.05, 0) is 25.0 Å². The number of thiazole rings is 1. The molecule has 2 amide bonds. The lowest BCUT2D eigenvalue weighted by molar-refractivity contribution is 0.0736. The molecule has 0 saturated heterocycles. The summed E-state index contributed by atoms with van der Waals surface area (Å²) in [5.41, 5.74) is 0.419. The third kappa shape index (κ3) is 6.13. The molecule has 2 aromatic rings. The molecule has 1 aromatic heterocycles. The highest BCUT2D eigenvalue weighted by atomic mass is 32.1. The largest absolute Gasteiger partial charge is 0.351 e. The van der Waals surface area contributed by atoms with Gasteiger partial charge in [0, 0.05) is 18.5 Å². The molecule has 7 heteroatoms. The molecule has 0 fully saturated rings. The molecule has 0 spiro atoms. The van der Waals surface area contributed by atoms with Gasteiger partial charge < -0.3 is 10.2 Å². The Bertz CT molecular complexity index is 763. The second-order valence-corrected chi connectivity index (χ2v) is 7.24. The van der Waals surface area contributed by atoms with Crippen LogP contribution in [0.1, 0.15) is 65.4 Å². The van der Waals surface area contributed by atoms with Gasteiger partial charge in [0.2, 0.25) is 0 Å². The Labute approximate surface area is 163 Å². The number of aromatic nitrogens is 1. The van der Waals surface area contributed by atoms with Crippen LogP contribution in [0, 0.1) is 5.82 Å². The van der Waals surface area contributed by atoms with Gasteiger partial charge in [0.15, 0.2) is 0 Å². The Kier molecular flexibility index (Phi) is 8.39. The summed E-state index contributed by atoms with van der Waals surface area (Å²) in [7, 11) is 0. The topological polar surface area (TPSA) is 62.3 Å². The van der Waals surface area contributed by atoms with Crippen molar-refractivity contribution in [3.05, 3.63) is 51.7 Å². The summed E-state index contributed by atoms with van der Waals surface area (Å²) >= 11 is 1.34. The molecule has 0 aliphatic carbocycles. The van der Waals surface area contributed by atoms with E-state index in [-0.39, 0.29) is 23.9 Å². The lowest BCUT2D eigenvalue weighted by Gasteiger charge is -2.21. The first-order chi connectivity index (χ1) is 13.1. The second-order valence-electron chi connectivity index (χ2n) is 6.30. The zero-order chi connectivity index (χ0) is 19.6. The van der Waals surface area contributed by atoms with Crippen LogP contribution in [0.2, 0.25) is 0 Å². The highest BCUT2D eigenvalue weighted by molar-refractivity contribution is 7.09. The molecular weight excluding hydrogens is 365 g/mol. The second kappa shape index (κ2) is 10.8. The van der Waals surface area contributed by atoms with Crippen LogP contribution in [0.4, 0.5) is 4.39 Å². The SMILES string of the molecule is CCCCNC(=O)c1csc(CN(CCCC)C(=O)c2ccccc2F)n1. The Morgan fingerprint density at radius 1 is 1.19 bits per heavy atom.